The molecule has 0 amide bonds. The molecule has 0 radical (unpaired) electrons. The summed E-state index contributed by atoms with van der Waals surface area (Å²) in [5.41, 5.74) is 1.48. The van der Waals surface area contributed by atoms with E-state index in [1.54, 1.807) is 18.2 Å². The number of rotatable bonds is 8. The molecule has 0 unspecified atom stereocenters. The highest BCUT2D eigenvalue weighted by Gasteiger charge is 2.14. The minimum atomic E-state index is -0.302. The highest BCUT2D eigenvalue weighted by atomic mass is 35.5. The number of halogens is 3. The van der Waals surface area contributed by atoms with E-state index in [-0.39, 0.29) is 24.8 Å². The van der Waals surface area contributed by atoms with E-state index in [2.05, 4.69) is 19.2 Å². The Hall–Kier alpha value is -1.49. The molecule has 3 nitrogen and oxygen atoms in total. The zero-order valence-corrected chi connectivity index (χ0v) is 16.2. The van der Waals surface area contributed by atoms with Gasteiger partial charge in [0.25, 0.3) is 0 Å². The average molecular weight is 388 g/mol. The van der Waals surface area contributed by atoms with Gasteiger partial charge in [-0.1, -0.05) is 43.6 Å². The minimum Gasteiger partial charge on any atom is -0.490 e. The van der Waals surface area contributed by atoms with E-state index in [0.717, 1.165) is 5.56 Å². The fourth-order valence-electron chi connectivity index (χ4n) is 2.21. The van der Waals surface area contributed by atoms with E-state index in [1.807, 2.05) is 19.1 Å². The highest BCUT2D eigenvalue weighted by Crippen LogP contribution is 2.37. The third kappa shape index (κ3) is 6.38. The van der Waals surface area contributed by atoms with Crippen molar-refractivity contribution in [3.05, 3.63) is 58.4 Å². The Morgan fingerprint density at radius 3 is 2.52 bits per heavy atom. The normalized spacial score (nSPS) is 10.5. The Bertz CT molecular complexity index is 680. The zero-order valence-electron chi connectivity index (χ0n) is 14.6. The molecule has 2 aromatic rings. The van der Waals surface area contributed by atoms with Crippen molar-refractivity contribution in [1.29, 1.82) is 0 Å². The molecular weight excluding hydrogens is 364 g/mol. The fourth-order valence-corrected chi connectivity index (χ4v) is 2.50. The van der Waals surface area contributed by atoms with Crippen LogP contribution >= 0.6 is 24.0 Å². The van der Waals surface area contributed by atoms with Gasteiger partial charge >= 0.3 is 0 Å². The van der Waals surface area contributed by atoms with Crippen LogP contribution in [-0.4, -0.2) is 12.6 Å². The lowest BCUT2D eigenvalue weighted by Gasteiger charge is -2.16. The van der Waals surface area contributed by atoms with Gasteiger partial charge in [0.1, 0.15) is 12.4 Å². The highest BCUT2D eigenvalue weighted by molar-refractivity contribution is 6.32. The third-order valence-electron chi connectivity index (χ3n) is 3.41. The molecule has 0 fully saturated rings. The van der Waals surface area contributed by atoms with Gasteiger partial charge in [0.2, 0.25) is 0 Å². The molecule has 0 bridgehead atoms. The van der Waals surface area contributed by atoms with Gasteiger partial charge in [0.15, 0.2) is 11.5 Å². The van der Waals surface area contributed by atoms with Crippen LogP contribution in [0.5, 0.6) is 11.5 Å². The maximum atomic E-state index is 13.7. The van der Waals surface area contributed by atoms with Crippen LogP contribution in [0, 0.1) is 5.82 Å². The van der Waals surface area contributed by atoms with Crippen LogP contribution < -0.4 is 14.8 Å². The first-order valence-electron chi connectivity index (χ1n) is 8.06. The van der Waals surface area contributed by atoms with E-state index in [9.17, 15) is 4.39 Å². The largest absolute Gasteiger partial charge is 0.490 e. The quantitative estimate of drug-likeness (QED) is 0.659. The third-order valence-corrected chi connectivity index (χ3v) is 3.69. The van der Waals surface area contributed by atoms with Gasteiger partial charge in [-0.05, 0) is 30.7 Å². The van der Waals surface area contributed by atoms with Crippen molar-refractivity contribution in [3.8, 4) is 11.5 Å². The predicted octanol–water partition coefficient (Wildman–Crippen LogP) is 5.38. The lowest BCUT2D eigenvalue weighted by Crippen LogP contribution is -2.21. The topological polar surface area (TPSA) is 30.5 Å². The molecule has 6 heteroatoms. The lowest BCUT2D eigenvalue weighted by atomic mass is 10.2. The van der Waals surface area contributed by atoms with E-state index in [4.69, 9.17) is 21.1 Å². The SMILES string of the molecule is CCOc1cc(CNC(C)C)cc(Cl)c1OCc1ccccc1F.Cl. The fraction of sp³-hybridized carbons (Fsp3) is 0.368. The standard InChI is InChI=1S/C19H23ClFNO2.ClH/c1-4-23-18-10-14(11-22-13(2)3)9-16(20)19(18)24-12-15-7-5-6-8-17(15)21;/h5-10,13,22H,4,11-12H2,1-3H3;1H. The smallest absolute Gasteiger partial charge is 0.180 e. The van der Waals surface area contributed by atoms with Crippen molar-refractivity contribution in [3.63, 3.8) is 0 Å². The van der Waals surface area contributed by atoms with Crippen molar-refractivity contribution >= 4 is 24.0 Å². The molecular formula is C19H24Cl2FNO2. The monoisotopic (exact) mass is 387 g/mol. The zero-order chi connectivity index (χ0) is 17.5. The number of benzene rings is 2. The Morgan fingerprint density at radius 2 is 1.88 bits per heavy atom. The first-order chi connectivity index (χ1) is 11.5. The molecule has 0 saturated heterocycles. The number of hydrogen-bond donors (Lipinski definition) is 1. The predicted molar refractivity (Wildman–Crippen MR) is 103 cm³/mol. The van der Waals surface area contributed by atoms with Gasteiger partial charge in [0.05, 0.1) is 11.6 Å². The van der Waals surface area contributed by atoms with Crippen LogP contribution in [0.3, 0.4) is 0 Å². The van der Waals surface area contributed by atoms with Gasteiger partial charge in [-0.15, -0.1) is 12.4 Å². The van der Waals surface area contributed by atoms with E-state index >= 15 is 0 Å². The Kier molecular flexibility index (Phi) is 9.04. The van der Waals surface area contributed by atoms with Gasteiger partial charge in [0, 0.05) is 18.2 Å². The summed E-state index contributed by atoms with van der Waals surface area (Å²) in [6.45, 7) is 7.33. The molecule has 0 heterocycles. The van der Waals surface area contributed by atoms with Gasteiger partial charge in [-0.25, -0.2) is 4.39 Å². The summed E-state index contributed by atoms with van der Waals surface area (Å²) in [6.07, 6.45) is 0. The van der Waals surface area contributed by atoms with Gasteiger partial charge in [-0.3, -0.25) is 0 Å². The first kappa shape index (κ1) is 21.6. The second-order valence-corrected chi connectivity index (χ2v) is 6.16. The minimum absolute atomic E-state index is 0. The molecule has 1 N–H and O–H groups in total. The van der Waals surface area contributed by atoms with Crippen molar-refractivity contribution in [2.24, 2.45) is 0 Å². The molecule has 2 rings (SSSR count). The molecule has 0 atom stereocenters. The molecule has 25 heavy (non-hydrogen) atoms. The Labute approximate surface area is 159 Å². The molecule has 0 spiro atoms. The molecule has 138 valence electrons. The molecule has 0 saturated carbocycles. The summed E-state index contributed by atoms with van der Waals surface area (Å²) < 4.78 is 25.1. The van der Waals surface area contributed by atoms with E-state index in [0.29, 0.717) is 41.3 Å². The number of nitrogens with one attached hydrogen (secondary N) is 1. The summed E-state index contributed by atoms with van der Waals surface area (Å²) in [6, 6.07) is 10.6. The lowest BCUT2D eigenvalue weighted by molar-refractivity contribution is 0.265. The van der Waals surface area contributed by atoms with E-state index in [1.165, 1.54) is 6.07 Å². The number of ether oxygens (including phenoxy) is 2. The maximum Gasteiger partial charge on any atom is 0.180 e. The molecule has 2 aromatic carbocycles. The summed E-state index contributed by atoms with van der Waals surface area (Å²) >= 11 is 6.37. The van der Waals surface area contributed by atoms with Crippen LogP contribution in [-0.2, 0) is 13.2 Å². The molecule has 0 aliphatic heterocycles. The summed E-state index contributed by atoms with van der Waals surface area (Å²) in [5, 5.41) is 3.79. The van der Waals surface area contributed by atoms with Crippen molar-refractivity contribution < 1.29 is 13.9 Å². The van der Waals surface area contributed by atoms with Gasteiger partial charge in [-0.2, -0.15) is 0 Å². The van der Waals surface area contributed by atoms with Gasteiger partial charge < -0.3 is 14.8 Å². The van der Waals surface area contributed by atoms with Crippen LogP contribution in [0.25, 0.3) is 0 Å². The second kappa shape index (κ2) is 10.5. The van der Waals surface area contributed by atoms with Crippen LogP contribution in [0.4, 0.5) is 4.39 Å². The summed E-state index contributed by atoms with van der Waals surface area (Å²) in [7, 11) is 0. The van der Waals surface area contributed by atoms with Crippen molar-refractivity contribution in [2.45, 2.75) is 40.0 Å². The molecule has 0 aromatic heterocycles. The Morgan fingerprint density at radius 1 is 1.16 bits per heavy atom. The van der Waals surface area contributed by atoms with Crippen molar-refractivity contribution in [1.82, 2.24) is 5.32 Å². The Balaban J connectivity index is 0.00000312. The molecule has 0 aliphatic carbocycles. The van der Waals surface area contributed by atoms with E-state index < -0.39 is 0 Å². The average Bonchev–Trinajstić information content (AvgIpc) is 2.54. The summed E-state index contributed by atoms with van der Waals surface area (Å²) in [5.74, 6) is 0.710. The molecule has 0 aliphatic rings. The summed E-state index contributed by atoms with van der Waals surface area (Å²) in [4.78, 5) is 0. The van der Waals surface area contributed by atoms with Crippen molar-refractivity contribution in [2.75, 3.05) is 6.61 Å². The maximum absolute atomic E-state index is 13.7. The van der Waals surface area contributed by atoms with Crippen LogP contribution in [0.15, 0.2) is 36.4 Å². The van der Waals surface area contributed by atoms with Crippen LogP contribution in [0.1, 0.15) is 31.9 Å². The first-order valence-corrected chi connectivity index (χ1v) is 8.43. The van der Waals surface area contributed by atoms with Crippen LogP contribution in [0.2, 0.25) is 5.02 Å². The second-order valence-electron chi connectivity index (χ2n) is 5.75. The number of hydrogen-bond acceptors (Lipinski definition) is 3.